The molecule has 13 heteroatoms. The number of halogens is 4. The van der Waals surface area contributed by atoms with Crippen LogP contribution in [-0.4, -0.2) is 40.8 Å². The normalized spacial score (nSPS) is 12.1. The largest absolute Gasteiger partial charge is 0.479 e. The second kappa shape index (κ2) is 10.6. The maximum absolute atomic E-state index is 13.9. The number of hydrogen-bond acceptors (Lipinski definition) is 7. The number of carbonyl (C=O) groups excluding carboxylic acids is 1. The number of ether oxygens (including phenoxy) is 1. The molecule has 1 heterocycles. The van der Waals surface area contributed by atoms with Crippen LogP contribution in [-0.2, 0) is 19.6 Å². The first-order valence-corrected chi connectivity index (χ1v) is 11.0. The second-order valence-electron chi connectivity index (χ2n) is 6.68. The van der Waals surface area contributed by atoms with Crippen LogP contribution in [0.15, 0.2) is 36.7 Å². The Morgan fingerprint density at radius 2 is 2.03 bits per heavy atom. The SMILES string of the molecule is C=[S-](=O)Nc1cc(Cl)c2c(Nc3ccc(F)cc3OC(C)C(=O)NCC(F)F)ncnc2c1. The van der Waals surface area contributed by atoms with E-state index < -0.39 is 41.4 Å². The summed E-state index contributed by atoms with van der Waals surface area (Å²) < 4.78 is 58.0. The predicted octanol–water partition coefficient (Wildman–Crippen LogP) is 4.04. The van der Waals surface area contributed by atoms with Gasteiger partial charge in [-0.3, -0.25) is 4.79 Å². The van der Waals surface area contributed by atoms with Crippen molar-refractivity contribution in [2.24, 2.45) is 0 Å². The van der Waals surface area contributed by atoms with Crippen molar-refractivity contribution in [3.63, 3.8) is 0 Å². The van der Waals surface area contributed by atoms with E-state index in [2.05, 4.69) is 25.9 Å². The number of hydrogen-bond donors (Lipinski definition) is 3. The highest BCUT2D eigenvalue weighted by Crippen LogP contribution is 2.35. The van der Waals surface area contributed by atoms with Crippen LogP contribution >= 0.6 is 11.6 Å². The molecule has 176 valence electrons. The summed E-state index contributed by atoms with van der Waals surface area (Å²) in [5.41, 5.74) is 1.08. The van der Waals surface area contributed by atoms with Gasteiger partial charge in [-0.15, -0.1) is 0 Å². The van der Waals surface area contributed by atoms with Gasteiger partial charge in [-0.05, 0) is 31.2 Å². The van der Waals surface area contributed by atoms with Crippen molar-refractivity contribution in [2.75, 3.05) is 16.6 Å². The number of amides is 1. The van der Waals surface area contributed by atoms with Gasteiger partial charge in [0.1, 0.15) is 23.7 Å². The number of fused-ring (bicyclic) bond motifs is 1. The van der Waals surface area contributed by atoms with Gasteiger partial charge in [-0.1, -0.05) is 11.6 Å². The van der Waals surface area contributed by atoms with Crippen LogP contribution in [0.25, 0.3) is 10.9 Å². The van der Waals surface area contributed by atoms with E-state index in [-0.39, 0.29) is 22.3 Å². The molecule has 0 saturated heterocycles. The van der Waals surface area contributed by atoms with E-state index in [9.17, 15) is 22.2 Å². The topological polar surface area (TPSA) is 105 Å². The van der Waals surface area contributed by atoms with Gasteiger partial charge >= 0.3 is 0 Å². The lowest BCUT2D eigenvalue weighted by molar-refractivity contribution is -0.127. The lowest BCUT2D eigenvalue weighted by Gasteiger charge is -2.19. The Balaban J connectivity index is 1.91. The van der Waals surface area contributed by atoms with E-state index in [1.165, 1.54) is 25.4 Å². The van der Waals surface area contributed by atoms with Crippen molar-refractivity contribution >= 4 is 62.0 Å². The van der Waals surface area contributed by atoms with Crippen molar-refractivity contribution in [1.82, 2.24) is 15.3 Å². The molecule has 0 saturated carbocycles. The van der Waals surface area contributed by atoms with Crippen molar-refractivity contribution < 1.29 is 26.9 Å². The van der Waals surface area contributed by atoms with E-state index in [0.29, 0.717) is 16.6 Å². The van der Waals surface area contributed by atoms with Gasteiger partial charge in [0.2, 0.25) is 0 Å². The Kier molecular flexibility index (Phi) is 7.82. The molecule has 1 atom stereocenters. The highest BCUT2D eigenvalue weighted by atomic mass is 35.5. The Morgan fingerprint density at radius 3 is 2.73 bits per heavy atom. The Hall–Kier alpha value is -3.25. The molecular weight excluding hydrogens is 483 g/mol. The van der Waals surface area contributed by atoms with Crippen LogP contribution in [0.2, 0.25) is 5.02 Å². The number of rotatable bonds is 9. The van der Waals surface area contributed by atoms with Gasteiger partial charge in [-0.25, -0.2) is 23.1 Å². The summed E-state index contributed by atoms with van der Waals surface area (Å²) in [6.07, 6.45) is -2.64. The molecule has 0 aliphatic heterocycles. The molecule has 33 heavy (non-hydrogen) atoms. The van der Waals surface area contributed by atoms with Crippen molar-refractivity contribution in [3.05, 3.63) is 47.5 Å². The molecule has 0 aliphatic rings. The summed E-state index contributed by atoms with van der Waals surface area (Å²) >= 11 is 6.38. The number of aromatic nitrogens is 2. The van der Waals surface area contributed by atoms with Gasteiger partial charge in [-0.2, -0.15) is 16.4 Å². The van der Waals surface area contributed by atoms with E-state index in [1.807, 2.05) is 5.32 Å². The maximum Gasteiger partial charge on any atom is 0.260 e. The zero-order chi connectivity index (χ0) is 24.1. The quantitative estimate of drug-likeness (QED) is 0.302. The standard InChI is InChI=1S/C20H18ClF3N5O3S/c1-10(20(30)25-8-17(23)24)32-16-5-11(22)3-4-14(16)28-19-18-13(21)6-12(29-33(2)31)7-15(18)26-9-27-19/h3-7,9-10,17H,2,8H2,1H3,(H,25,30)(H,29,31)(H,26,27,28)/q-1. The Labute approximate surface area is 193 Å². The summed E-state index contributed by atoms with van der Waals surface area (Å²) in [4.78, 5) is 20.3. The van der Waals surface area contributed by atoms with E-state index in [4.69, 9.17) is 16.3 Å². The third-order valence-electron chi connectivity index (χ3n) is 4.22. The molecule has 2 aromatic carbocycles. The number of anilines is 3. The number of nitrogens with one attached hydrogen (secondary N) is 3. The summed E-state index contributed by atoms with van der Waals surface area (Å²) in [7, 11) is -1.57. The molecule has 0 bridgehead atoms. The monoisotopic (exact) mass is 500 g/mol. The smallest absolute Gasteiger partial charge is 0.260 e. The molecule has 8 nitrogen and oxygen atoms in total. The first-order valence-electron chi connectivity index (χ1n) is 9.35. The van der Waals surface area contributed by atoms with Crippen LogP contribution in [0.4, 0.5) is 30.4 Å². The number of benzene rings is 2. The summed E-state index contributed by atoms with van der Waals surface area (Å²) in [5.74, 6) is 2.12. The fourth-order valence-electron chi connectivity index (χ4n) is 2.82. The zero-order valence-corrected chi connectivity index (χ0v) is 18.6. The lowest BCUT2D eigenvalue weighted by atomic mass is 10.2. The molecule has 0 spiro atoms. The molecule has 3 N–H and O–H groups in total. The first-order chi connectivity index (χ1) is 15.6. The predicted molar refractivity (Wildman–Crippen MR) is 122 cm³/mol. The number of alkyl halides is 2. The fourth-order valence-corrected chi connectivity index (χ4v) is 3.50. The Morgan fingerprint density at radius 1 is 1.27 bits per heavy atom. The minimum absolute atomic E-state index is 0.0525. The Bertz CT molecular complexity index is 1250. The van der Waals surface area contributed by atoms with E-state index in [1.54, 1.807) is 6.07 Å². The zero-order valence-electron chi connectivity index (χ0n) is 17.1. The molecule has 1 aromatic heterocycles. The van der Waals surface area contributed by atoms with Crippen LogP contribution in [0, 0.1) is 5.82 Å². The summed E-state index contributed by atoms with van der Waals surface area (Å²) in [6, 6.07) is 6.66. The molecule has 0 radical (unpaired) electrons. The maximum atomic E-state index is 13.9. The summed E-state index contributed by atoms with van der Waals surface area (Å²) in [6.45, 7) is 0.512. The highest BCUT2D eigenvalue weighted by Gasteiger charge is 2.19. The van der Waals surface area contributed by atoms with Crippen LogP contribution < -0.4 is 20.1 Å². The van der Waals surface area contributed by atoms with Crippen LogP contribution in [0.3, 0.4) is 0 Å². The molecule has 3 rings (SSSR count). The molecule has 0 aliphatic carbocycles. The van der Waals surface area contributed by atoms with Crippen LogP contribution in [0.1, 0.15) is 6.92 Å². The minimum Gasteiger partial charge on any atom is -0.479 e. The average Bonchev–Trinajstić information content (AvgIpc) is 2.73. The van der Waals surface area contributed by atoms with Crippen molar-refractivity contribution in [3.8, 4) is 5.75 Å². The van der Waals surface area contributed by atoms with Crippen LogP contribution in [0.5, 0.6) is 5.75 Å². The third kappa shape index (κ3) is 6.39. The third-order valence-corrected chi connectivity index (χ3v) is 4.98. The average molecular weight is 501 g/mol. The molecule has 3 aromatic rings. The van der Waals surface area contributed by atoms with Crippen molar-refractivity contribution in [1.29, 1.82) is 0 Å². The molecule has 1 unspecified atom stereocenters. The van der Waals surface area contributed by atoms with Gasteiger partial charge in [0.25, 0.3) is 12.3 Å². The van der Waals surface area contributed by atoms with Gasteiger partial charge in [0, 0.05) is 11.8 Å². The van der Waals surface area contributed by atoms with E-state index >= 15 is 0 Å². The minimum atomic E-state index is -2.72. The van der Waals surface area contributed by atoms with Gasteiger partial charge in [0.05, 0.1) is 28.2 Å². The number of carbonyl (C=O) groups is 1. The highest BCUT2D eigenvalue weighted by molar-refractivity contribution is 7.83. The number of nitrogens with zero attached hydrogens (tertiary/aromatic N) is 2. The second-order valence-corrected chi connectivity index (χ2v) is 7.99. The molecular formula is C20H18ClF3N5O3S-. The molecule has 0 fully saturated rings. The van der Waals surface area contributed by atoms with Gasteiger partial charge in [0.15, 0.2) is 6.10 Å². The summed E-state index contributed by atoms with van der Waals surface area (Å²) in [5, 5.41) is 5.65. The van der Waals surface area contributed by atoms with Gasteiger partial charge < -0.3 is 24.3 Å². The van der Waals surface area contributed by atoms with E-state index in [0.717, 1.165) is 12.1 Å². The lowest BCUT2D eigenvalue weighted by Crippen LogP contribution is -2.38. The fraction of sp³-hybridized carbons (Fsp3) is 0.200. The van der Waals surface area contributed by atoms with Crippen molar-refractivity contribution in [2.45, 2.75) is 19.5 Å². The first kappa shape index (κ1) is 24.4. The molecule has 1 amide bonds.